The molecule has 1 aliphatic heterocycles. The summed E-state index contributed by atoms with van der Waals surface area (Å²) < 4.78 is 1.74. The van der Waals surface area contributed by atoms with Crippen LogP contribution in [0.1, 0.15) is 30.6 Å². The highest BCUT2D eigenvalue weighted by Gasteiger charge is 2.37. The van der Waals surface area contributed by atoms with Gasteiger partial charge in [0.05, 0.1) is 17.7 Å². The fourth-order valence-electron chi connectivity index (χ4n) is 2.46. The van der Waals surface area contributed by atoms with E-state index in [2.05, 4.69) is 5.10 Å². The van der Waals surface area contributed by atoms with Crippen LogP contribution in [0.25, 0.3) is 0 Å². The monoisotopic (exact) mass is 265 g/mol. The lowest BCUT2D eigenvalue weighted by Crippen LogP contribution is -2.29. The van der Waals surface area contributed by atoms with Gasteiger partial charge < -0.3 is 10.0 Å². The molecule has 6 heteroatoms. The van der Waals surface area contributed by atoms with E-state index in [1.807, 2.05) is 13.8 Å². The average molecular weight is 265 g/mol. The van der Waals surface area contributed by atoms with Crippen LogP contribution in [-0.2, 0) is 11.3 Å². The summed E-state index contributed by atoms with van der Waals surface area (Å²) in [7, 11) is 0. The molecule has 2 atom stereocenters. The van der Waals surface area contributed by atoms with E-state index in [0.29, 0.717) is 12.1 Å². The fraction of sp³-hybridized carbons (Fsp3) is 0.615. The summed E-state index contributed by atoms with van der Waals surface area (Å²) in [6.45, 7) is 5.47. The molecular weight excluding hydrogens is 246 g/mol. The molecule has 1 N–H and O–H groups in total. The molecule has 1 aromatic rings. The first-order valence-corrected chi connectivity index (χ1v) is 6.57. The lowest BCUT2D eigenvalue weighted by Gasteiger charge is -2.14. The van der Waals surface area contributed by atoms with Crippen molar-refractivity contribution in [2.75, 3.05) is 13.1 Å². The second-order valence-electron chi connectivity index (χ2n) is 5.12. The highest BCUT2D eigenvalue weighted by Crippen LogP contribution is 2.24. The molecule has 1 saturated heterocycles. The standard InChI is InChI=1S/C13H19N3O3/c1-3-4-16-7-10(5-14-16)12(17)15-6-9(2)11(8-15)13(18)19/h5,7,9,11H,3-4,6,8H2,1-2H3,(H,18,19)/t9-,11-/m1/s1. The van der Waals surface area contributed by atoms with Crippen LogP contribution in [0, 0.1) is 11.8 Å². The predicted octanol–water partition coefficient (Wildman–Crippen LogP) is 1.09. The highest BCUT2D eigenvalue weighted by molar-refractivity contribution is 5.94. The number of carbonyl (C=O) groups is 2. The molecule has 0 saturated carbocycles. The molecule has 1 aliphatic rings. The number of hydrogen-bond donors (Lipinski definition) is 1. The van der Waals surface area contributed by atoms with Crippen LogP contribution < -0.4 is 0 Å². The van der Waals surface area contributed by atoms with E-state index in [4.69, 9.17) is 5.11 Å². The van der Waals surface area contributed by atoms with Crippen molar-refractivity contribution in [1.29, 1.82) is 0 Å². The van der Waals surface area contributed by atoms with Crippen LogP contribution in [0.4, 0.5) is 0 Å². The molecule has 0 unspecified atom stereocenters. The molecule has 0 aliphatic carbocycles. The Morgan fingerprint density at radius 3 is 2.79 bits per heavy atom. The summed E-state index contributed by atoms with van der Waals surface area (Å²) >= 11 is 0. The third-order valence-electron chi connectivity index (χ3n) is 3.55. The van der Waals surface area contributed by atoms with Crippen molar-refractivity contribution >= 4 is 11.9 Å². The van der Waals surface area contributed by atoms with Gasteiger partial charge in [-0.1, -0.05) is 13.8 Å². The zero-order valence-electron chi connectivity index (χ0n) is 11.2. The summed E-state index contributed by atoms with van der Waals surface area (Å²) in [6, 6.07) is 0. The van der Waals surface area contributed by atoms with E-state index in [9.17, 15) is 9.59 Å². The number of carboxylic acids is 1. The van der Waals surface area contributed by atoms with Crippen molar-refractivity contribution in [3.63, 3.8) is 0 Å². The van der Waals surface area contributed by atoms with Gasteiger partial charge in [-0.15, -0.1) is 0 Å². The molecule has 2 rings (SSSR count). The van der Waals surface area contributed by atoms with Crippen LogP contribution in [0.2, 0.25) is 0 Å². The number of carbonyl (C=O) groups excluding carboxylic acids is 1. The Morgan fingerprint density at radius 1 is 1.47 bits per heavy atom. The molecule has 0 aromatic carbocycles. The maximum Gasteiger partial charge on any atom is 0.308 e. The zero-order valence-corrected chi connectivity index (χ0v) is 11.2. The van der Waals surface area contributed by atoms with E-state index in [0.717, 1.165) is 13.0 Å². The minimum absolute atomic E-state index is 0.00728. The van der Waals surface area contributed by atoms with Crippen LogP contribution in [0.3, 0.4) is 0 Å². The molecule has 1 fully saturated rings. The van der Waals surface area contributed by atoms with Gasteiger partial charge in [-0.25, -0.2) is 0 Å². The first-order chi connectivity index (χ1) is 9.02. The maximum atomic E-state index is 12.3. The van der Waals surface area contributed by atoms with Gasteiger partial charge >= 0.3 is 5.97 Å². The lowest BCUT2D eigenvalue weighted by molar-refractivity contribution is -0.142. The number of nitrogens with zero attached hydrogens (tertiary/aromatic N) is 3. The number of amides is 1. The number of aryl methyl sites for hydroxylation is 1. The second-order valence-corrected chi connectivity index (χ2v) is 5.12. The Labute approximate surface area is 112 Å². The van der Waals surface area contributed by atoms with Gasteiger partial charge in [0, 0.05) is 25.8 Å². The summed E-state index contributed by atoms with van der Waals surface area (Å²) in [5, 5.41) is 13.2. The van der Waals surface area contributed by atoms with Crippen molar-refractivity contribution in [2.24, 2.45) is 11.8 Å². The molecule has 0 radical (unpaired) electrons. The Morgan fingerprint density at radius 2 is 2.21 bits per heavy atom. The molecule has 6 nitrogen and oxygen atoms in total. The molecule has 1 amide bonds. The van der Waals surface area contributed by atoms with Gasteiger partial charge in [-0.2, -0.15) is 5.10 Å². The van der Waals surface area contributed by atoms with Crippen molar-refractivity contribution in [3.05, 3.63) is 18.0 Å². The Kier molecular flexibility index (Phi) is 3.87. The van der Waals surface area contributed by atoms with Gasteiger partial charge in [0.15, 0.2) is 0 Å². The molecule has 19 heavy (non-hydrogen) atoms. The summed E-state index contributed by atoms with van der Waals surface area (Å²) in [5.74, 6) is -1.43. The topological polar surface area (TPSA) is 75.4 Å². The minimum atomic E-state index is -0.829. The summed E-state index contributed by atoms with van der Waals surface area (Å²) in [4.78, 5) is 24.9. The van der Waals surface area contributed by atoms with Crippen LogP contribution in [-0.4, -0.2) is 44.8 Å². The van der Waals surface area contributed by atoms with Gasteiger partial charge in [0.25, 0.3) is 5.91 Å². The third kappa shape index (κ3) is 2.77. The van der Waals surface area contributed by atoms with Gasteiger partial charge in [0.1, 0.15) is 0 Å². The van der Waals surface area contributed by atoms with E-state index >= 15 is 0 Å². The first-order valence-electron chi connectivity index (χ1n) is 6.57. The maximum absolute atomic E-state index is 12.3. The number of aromatic nitrogens is 2. The first kappa shape index (κ1) is 13.6. The molecule has 0 bridgehead atoms. The number of carboxylic acid groups (broad SMARTS) is 1. The number of rotatable bonds is 4. The summed E-state index contributed by atoms with van der Waals surface area (Å²) in [5.41, 5.74) is 0.534. The zero-order chi connectivity index (χ0) is 14.0. The van der Waals surface area contributed by atoms with Crippen LogP contribution in [0.5, 0.6) is 0 Å². The van der Waals surface area contributed by atoms with Crippen molar-refractivity contribution < 1.29 is 14.7 Å². The molecule has 2 heterocycles. The van der Waals surface area contributed by atoms with Crippen molar-refractivity contribution in [3.8, 4) is 0 Å². The van der Waals surface area contributed by atoms with E-state index < -0.39 is 11.9 Å². The minimum Gasteiger partial charge on any atom is -0.481 e. The van der Waals surface area contributed by atoms with Crippen molar-refractivity contribution in [2.45, 2.75) is 26.8 Å². The number of hydrogen-bond acceptors (Lipinski definition) is 3. The fourth-order valence-corrected chi connectivity index (χ4v) is 2.46. The van der Waals surface area contributed by atoms with Crippen LogP contribution in [0.15, 0.2) is 12.4 Å². The van der Waals surface area contributed by atoms with E-state index in [-0.39, 0.29) is 18.4 Å². The van der Waals surface area contributed by atoms with Crippen LogP contribution >= 0.6 is 0 Å². The highest BCUT2D eigenvalue weighted by atomic mass is 16.4. The quantitative estimate of drug-likeness (QED) is 0.884. The van der Waals surface area contributed by atoms with Gasteiger partial charge in [-0.3, -0.25) is 14.3 Å². The third-order valence-corrected chi connectivity index (χ3v) is 3.55. The Hall–Kier alpha value is -1.85. The van der Waals surface area contributed by atoms with Crippen molar-refractivity contribution in [1.82, 2.24) is 14.7 Å². The second kappa shape index (κ2) is 5.42. The van der Waals surface area contributed by atoms with Gasteiger partial charge in [-0.05, 0) is 12.3 Å². The number of likely N-dealkylation sites (tertiary alicyclic amines) is 1. The van der Waals surface area contributed by atoms with E-state index in [1.165, 1.54) is 0 Å². The summed E-state index contributed by atoms with van der Waals surface area (Å²) in [6.07, 6.45) is 4.23. The average Bonchev–Trinajstić information content (AvgIpc) is 2.95. The lowest BCUT2D eigenvalue weighted by atomic mass is 9.99. The smallest absolute Gasteiger partial charge is 0.308 e. The molecule has 1 aromatic heterocycles. The SMILES string of the molecule is CCCn1cc(C(=O)N2C[C@@H](C)[C@H](C(=O)O)C2)cn1. The Bertz CT molecular complexity index is 483. The Balaban J connectivity index is 2.06. The molecular formula is C13H19N3O3. The molecule has 104 valence electrons. The molecule has 0 spiro atoms. The van der Waals surface area contributed by atoms with E-state index in [1.54, 1.807) is 22.0 Å². The largest absolute Gasteiger partial charge is 0.481 e. The normalized spacial score (nSPS) is 22.7. The predicted molar refractivity (Wildman–Crippen MR) is 68.7 cm³/mol. The van der Waals surface area contributed by atoms with Gasteiger partial charge in [0.2, 0.25) is 0 Å². The number of aliphatic carboxylic acids is 1.